The van der Waals surface area contributed by atoms with Gasteiger partial charge in [-0.05, 0) is 35.6 Å². The van der Waals surface area contributed by atoms with Crippen molar-refractivity contribution in [3.63, 3.8) is 0 Å². The molecule has 21 heavy (non-hydrogen) atoms. The van der Waals surface area contributed by atoms with Gasteiger partial charge in [-0.25, -0.2) is 0 Å². The Labute approximate surface area is 125 Å². The molecule has 3 heteroatoms. The zero-order valence-electron chi connectivity index (χ0n) is 12.3. The Bertz CT molecular complexity index is 746. The summed E-state index contributed by atoms with van der Waals surface area (Å²) >= 11 is 0. The predicted molar refractivity (Wildman–Crippen MR) is 87.7 cm³/mol. The van der Waals surface area contributed by atoms with Gasteiger partial charge in [-0.2, -0.15) is 0 Å². The highest BCUT2D eigenvalue weighted by Crippen LogP contribution is 2.22. The zero-order valence-corrected chi connectivity index (χ0v) is 12.3. The van der Waals surface area contributed by atoms with Crippen molar-refractivity contribution in [1.82, 2.24) is 4.57 Å². The van der Waals surface area contributed by atoms with Gasteiger partial charge in [0.2, 0.25) is 0 Å². The monoisotopic (exact) mass is 280 g/mol. The second-order valence-electron chi connectivity index (χ2n) is 5.10. The van der Waals surface area contributed by atoms with E-state index in [1.807, 2.05) is 24.3 Å². The molecule has 1 heterocycles. The molecule has 0 saturated heterocycles. The number of anilines is 1. The maximum Gasteiger partial charge on any atom is 0.142 e. The Morgan fingerprint density at radius 1 is 1.05 bits per heavy atom. The van der Waals surface area contributed by atoms with E-state index in [1.54, 1.807) is 0 Å². The van der Waals surface area contributed by atoms with Gasteiger partial charge in [0.05, 0.1) is 17.7 Å². The molecule has 0 spiro atoms. The van der Waals surface area contributed by atoms with Crippen molar-refractivity contribution in [2.75, 3.05) is 12.3 Å². The number of rotatable bonds is 5. The molecule has 0 aliphatic carbocycles. The molecule has 0 atom stereocenters. The summed E-state index contributed by atoms with van der Waals surface area (Å²) < 4.78 is 8.04. The number of aromatic nitrogens is 1. The maximum absolute atomic E-state index is 5.88. The second kappa shape index (κ2) is 5.92. The summed E-state index contributed by atoms with van der Waals surface area (Å²) in [6.45, 7) is 3.61. The third kappa shape index (κ3) is 2.72. The zero-order chi connectivity index (χ0) is 14.7. The van der Waals surface area contributed by atoms with Crippen LogP contribution in [-0.2, 0) is 13.0 Å². The van der Waals surface area contributed by atoms with E-state index >= 15 is 0 Å². The van der Waals surface area contributed by atoms with Gasteiger partial charge in [-0.1, -0.05) is 37.3 Å². The number of ether oxygens (including phenoxy) is 1. The molecule has 3 nitrogen and oxygen atoms in total. The number of aryl methyl sites for hydroxylation is 1. The molecule has 0 fully saturated rings. The fraction of sp³-hybridized carbons (Fsp3) is 0.222. The first-order valence-electron chi connectivity index (χ1n) is 7.33. The lowest BCUT2D eigenvalue weighted by molar-refractivity contribution is 0.302. The summed E-state index contributed by atoms with van der Waals surface area (Å²) in [6, 6.07) is 16.2. The number of nitrogens with two attached hydrogens (primary N) is 1. The largest absolute Gasteiger partial charge is 0.490 e. The summed E-state index contributed by atoms with van der Waals surface area (Å²) in [5.74, 6) is 0.754. The third-order valence-electron chi connectivity index (χ3n) is 3.76. The van der Waals surface area contributed by atoms with Crippen LogP contribution in [0.2, 0.25) is 0 Å². The molecule has 0 bridgehead atoms. The predicted octanol–water partition coefficient (Wildman–Crippen LogP) is 3.86. The first-order chi connectivity index (χ1) is 10.3. The van der Waals surface area contributed by atoms with Crippen LogP contribution < -0.4 is 10.5 Å². The smallest absolute Gasteiger partial charge is 0.142 e. The summed E-state index contributed by atoms with van der Waals surface area (Å²) in [7, 11) is 0. The number of hydrogen-bond acceptors (Lipinski definition) is 2. The molecule has 2 N–H and O–H groups in total. The molecule has 0 radical (unpaired) electrons. The van der Waals surface area contributed by atoms with Crippen molar-refractivity contribution in [3.8, 4) is 5.75 Å². The molecule has 0 aliphatic heterocycles. The molecule has 108 valence electrons. The molecule has 3 rings (SSSR count). The SMILES string of the molecule is CCc1cccc2ccn(CCOc3ccccc3N)c12. The summed E-state index contributed by atoms with van der Waals surface area (Å²) in [6.07, 6.45) is 3.16. The van der Waals surface area contributed by atoms with E-state index in [0.29, 0.717) is 12.3 Å². The van der Waals surface area contributed by atoms with Gasteiger partial charge in [0.1, 0.15) is 12.4 Å². The van der Waals surface area contributed by atoms with Crippen LogP contribution in [0.5, 0.6) is 5.75 Å². The lowest BCUT2D eigenvalue weighted by atomic mass is 10.1. The fourth-order valence-corrected chi connectivity index (χ4v) is 2.68. The lowest BCUT2D eigenvalue weighted by Gasteiger charge is -2.11. The third-order valence-corrected chi connectivity index (χ3v) is 3.76. The number of para-hydroxylation sites is 3. The first-order valence-corrected chi connectivity index (χ1v) is 7.33. The average Bonchev–Trinajstić information content (AvgIpc) is 2.92. The van der Waals surface area contributed by atoms with Crippen molar-refractivity contribution in [2.24, 2.45) is 0 Å². The highest BCUT2D eigenvalue weighted by Gasteiger charge is 2.05. The van der Waals surface area contributed by atoms with Gasteiger partial charge in [-0.15, -0.1) is 0 Å². The van der Waals surface area contributed by atoms with Crippen LogP contribution in [0, 0.1) is 0 Å². The van der Waals surface area contributed by atoms with Gasteiger partial charge in [-0.3, -0.25) is 0 Å². The van der Waals surface area contributed by atoms with Crippen LogP contribution in [0.15, 0.2) is 54.7 Å². The van der Waals surface area contributed by atoms with Crippen LogP contribution in [0.25, 0.3) is 10.9 Å². The Balaban J connectivity index is 1.75. The highest BCUT2D eigenvalue weighted by molar-refractivity contribution is 5.83. The molecule has 1 aromatic heterocycles. The quantitative estimate of drug-likeness (QED) is 0.721. The van der Waals surface area contributed by atoms with Crippen molar-refractivity contribution < 1.29 is 4.74 Å². The normalized spacial score (nSPS) is 10.9. The molecule has 0 unspecified atom stereocenters. The summed E-state index contributed by atoms with van der Waals surface area (Å²) in [5, 5.41) is 1.29. The first kappa shape index (κ1) is 13.6. The minimum atomic E-state index is 0.607. The van der Waals surface area contributed by atoms with E-state index in [9.17, 15) is 0 Å². The minimum absolute atomic E-state index is 0.607. The lowest BCUT2D eigenvalue weighted by Crippen LogP contribution is -2.08. The highest BCUT2D eigenvalue weighted by atomic mass is 16.5. The van der Waals surface area contributed by atoms with Crippen LogP contribution in [-0.4, -0.2) is 11.2 Å². The van der Waals surface area contributed by atoms with Crippen molar-refractivity contribution in [3.05, 3.63) is 60.3 Å². The minimum Gasteiger partial charge on any atom is -0.490 e. The summed E-state index contributed by atoms with van der Waals surface area (Å²) in [4.78, 5) is 0. The molecule has 2 aromatic carbocycles. The molecule has 0 saturated carbocycles. The van der Waals surface area contributed by atoms with E-state index in [2.05, 4.69) is 42.0 Å². The van der Waals surface area contributed by atoms with Gasteiger partial charge in [0, 0.05) is 6.20 Å². The number of nitrogen functional groups attached to an aromatic ring is 1. The Kier molecular flexibility index (Phi) is 3.82. The van der Waals surface area contributed by atoms with E-state index in [-0.39, 0.29) is 0 Å². The van der Waals surface area contributed by atoms with Gasteiger partial charge < -0.3 is 15.0 Å². The van der Waals surface area contributed by atoms with Crippen LogP contribution >= 0.6 is 0 Å². The molecular formula is C18H20N2O. The van der Waals surface area contributed by atoms with E-state index in [4.69, 9.17) is 10.5 Å². The van der Waals surface area contributed by atoms with Gasteiger partial charge in [0.25, 0.3) is 0 Å². The number of nitrogens with zero attached hydrogens (tertiary/aromatic N) is 1. The molecule has 3 aromatic rings. The van der Waals surface area contributed by atoms with Crippen molar-refractivity contribution in [2.45, 2.75) is 19.9 Å². The Morgan fingerprint density at radius 2 is 1.90 bits per heavy atom. The molecule has 0 aliphatic rings. The summed E-state index contributed by atoms with van der Waals surface area (Å²) in [5.41, 5.74) is 9.25. The Morgan fingerprint density at radius 3 is 2.71 bits per heavy atom. The number of fused-ring (bicyclic) bond motifs is 1. The van der Waals surface area contributed by atoms with Crippen molar-refractivity contribution in [1.29, 1.82) is 0 Å². The molecular weight excluding hydrogens is 260 g/mol. The van der Waals surface area contributed by atoms with Crippen LogP contribution in [0.3, 0.4) is 0 Å². The number of hydrogen-bond donors (Lipinski definition) is 1. The molecule has 0 amide bonds. The topological polar surface area (TPSA) is 40.2 Å². The van der Waals surface area contributed by atoms with E-state index < -0.39 is 0 Å². The maximum atomic E-state index is 5.88. The van der Waals surface area contributed by atoms with Crippen molar-refractivity contribution >= 4 is 16.6 Å². The van der Waals surface area contributed by atoms with Crippen LogP contribution in [0.4, 0.5) is 5.69 Å². The number of benzene rings is 2. The standard InChI is InChI=1S/C18H20N2O/c1-2-14-6-5-7-15-10-11-20(18(14)15)12-13-21-17-9-4-3-8-16(17)19/h3-11H,2,12-13,19H2,1H3. The van der Waals surface area contributed by atoms with Gasteiger partial charge in [0.15, 0.2) is 0 Å². The van der Waals surface area contributed by atoms with E-state index in [0.717, 1.165) is 18.7 Å². The fourth-order valence-electron chi connectivity index (χ4n) is 2.68. The second-order valence-corrected chi connectivity index (χ2v) is 5.10. The van der Waals surface area contributed by atoms with E-state index in [1.165, 1.54) is 16.5 Å². The van der Waals surface area contributed by atoms with Crippen LogP contribution in [0.1, 0.15) is 12.5 Å². The van der Waals surface area contributed by atoms with Gasteiger partial charge >= 0.3 is 0 Å². The average molecular weight is 280 g/mol. The Hall–Kier alpha value is -2.42.